The van der Waals surface area contributed by atoms with E-state index in [2.05, 4.69) is 23.5 Å². The van der Waals surface area contributed by atoms with Crippen molar-refractivity contribution in [3.05, 3.63) is 0 Å². The van der Waals surface area contributed by atoms with Gasteiger partial charge in [-0.2, -0.15) is 11.8 Å². The van der Waals surface area contributed by atoms with E-state index in [9.17, 15) is 0 Å². The Hall–Kier alpha value is 0.170. The minimum Gasteiger partial charge on any atom is -0.362 e. The molecule has 2 rings (SSSR count). The molecule has 0 aromatic heterocycles. The van der Waals surface area contributed by atoms with E-state index in [1.165, 1.54) is 24.4 Å². The minimum atomic E-state index is 0.676. The molecule has 2 aliphatic rings. The molecule has 0 spiro atoms. The maximum absolute atomic E-state index is 4.49. The predicted molar refractivity (Wildman–Crippen MR) is 67.4 cm³/mol. The summed E-state index contributed by atoms with van der Waals surface area (Å²) in [5.41, 5.74) is 0. The van der Waals surface area contributed by atoms with Crippen LogP contribution in [-0.2, 0) is 0 Å². The molecular weight excluding hydrogens is 212 g/mol. The van der Waals surface area contributed by atoms with Gasteiger partial charge in [-0.3, -0.25) is 4.99 Å². The number of aliphatic imine (C=N–C) groups is 1. The van der Waals surface area contributed by atoms with Crippen LogP contribution in [0.15, 0.2) is 4.99 Å². The van der Waals surface area contributed by atoms with Gasteiger partial charge in [-0.05, 0) is 25.5 Å². The lowest BCUT2D eigenvalue weighted by molar-refractivity contribution is 0.636. The van der Waals surface area contributed by atoms with Crippen LogP contribution >= 0.6 is 23.5 Å². The number of hydrogen-bond acceptors (Lipinski definition) is 4. The molecule has 0 saturated heterocycles. The fourth-order valence-corrected chi connectivity index (χ4v) is 3.73. The molecule has 1 fully saturated rings. The Kier molecular flexibility index (Phi) is 3.66. The molecule has 14 heavy (non-hydrogen) atoms. The van der Waals surface area contributed by atoms with Crippen LogP contribution in [0, 0.1) is 0 Å². The van der Waals surface area contributed by atoms with Gasteiger partial charge in [0.05, 0.1) is 6.54 Å². The highest BCUT2D eigenvalue weighted by Crippen LogP contribution is 2.29. The SMILES string of the molecule is CSC1CCC(NC2=NCC(C)S2)C1. The summed E-state index contributed by atoms with van der Waals surface area (Å²) in [4.78, 5) is 4.49. The summed E-state index contributed by atoms with van der Waals surface area (Å²) < 4.78 is 0. The lowest BCUT2D eigenvalue weighted by Crippen LogP contribution is -2.30. The first kappa shape index (κ1) is 10.7. The summed E-state index contributed by atoms with van der Waals surface area (Å²) in [5.74, 6) is 0. The van der Waals surface area contributed by atoms with Crippen molar-refractivity contribution in [3.63, 3.8) is 0 Å². The van der Waals surface area contributed by atoms with E-state index in [1.807, 2.05) is 23.5 Å². The van der Waals surface area contributed by atoms with Crippen LogP contribution < -0.4 is 5.32 Å². The van der Waals surface area contributed by atoms with Crippen LogP contribution in [0.2, 0.25) is 0 Å². The van der Waals surface area contributed by atoms with Gasteiger partial charge in [-0.1, -0.05) is 18.7 Å². The normalized spacial score (nSPS) is 37.3. The first-order valence-corrected chi connectivity index (χ1v) is 7.45. The molecule has 1 aliphatic heterocycles. The topological polar surface area (TPSA) is 24.4 Å². The van der Waals surface area contributed by atoms with E-state index < -0.39 is 0 Å². The van der Waals surface area contributed by atoms with E-state index in [0.717, 1.165) is 11.8 Å². The van der Waals surface area contributed by atoms with E-state index in [-0.39, 0.29) is 0 Å². The maximum atomic E-state index is 4.49. The highest BCUT2D eigenvalue weighted by Gasteiger charge is 2.26. The van der Waals surface area contributed by atoms with Gasteiger partial charge in [0.2, 0.25) is 0 Å². The Morgan fingerprint density at radius 3 is 2.93 bits per heavy atom. The molecule has 3 atom stereocenters. The Morgan fingerprint density at radius 1 is 1.50 bits per heavy atom. The fraction of sp³-hybridized carbons (Fsp3) is 0.900. The first-order valence-electron chi connectivity index (χ1n) is 5.28. The molecule has 0 aromatic rings. The molecule has 1 heterocycles. The highest BCUT2D eigenvalue weighted by atomic mass is 32.2. The third-order valence-electron chi connectivity index (χ3n) is 2.85. The zero-order chi connectivity index (χ0) is 9.97. The monoisotopic (exact) mass is 230 g/mol. The fourth-order valence-electron chi connectivity index (χ4n) is 2.02. The van der Waals surface area contributed by atoms with Gasteiger partial charge >= 0.3 is 0 Å². The molecule has 0 bridgehead atoms. The second kappa shape index (κ2) is 4.79. The second-order valence-corrected chi connectivity index (χ2v) is 6.65. The third-order valence-corrected chi connectivity index (χ3v) is 4.97. The second-order valence-electron chi connectivity index (χ2n) is 4.09. The van der Waals surface area contributed by atoms with Gasteiger partial charge in [0.1, 0.15) is 0 Å². The zero-order valence-electron chi connectivity index (χ0n) is 8.82. The van der Waals surface area contributed by atoms with Crippen molar-refractivity contribution < 1.29 is 0 Å². The molecule has 0 aromatic carbocycles. The zero-order valence-corrected chi connectivity index (χ0v) is 10.5. The molecule has 4 heteroatoms. The number of hydrogen-bond donors (Lipinski definition) is 1. The molecule has 1 aliphatic carbocycles. The van der Waals surface area contributed by atoms with Crippen molar-refractivity contribution in [1.82, 2.24) is 5.32 Å². The van der Waals surface area contributed by atoms with Gasteiger partial charge in [-0.25, -0.2) is 0 Å². The summed E-state index contributed by atoms with van der Waals surface area (Å²) in [5, 5.41) is 6.30. The number of nitrogens with one attached hydrogen (secondary N) is 1. The average molecular weight is 230 g/mol. The molecule has 2 nitrogen and oxygen atoms in total. The van der Waals surface area contributed by atoms with Crippen LogP contribution in [0.5, 0.6) is 0 Å². The van der Waals surface area contributed by atoms with Crippen LogP contribution in [0.1, 0.15) is 26.2 Å². The Morgan fingerprint density at radius 2 is 2.36 bits per heavy atom. The lowest BCUT2D eigenvalue weighted by atomic mass is 10.3. The van der Waals surface area contributed by atoms with Gasteiger partial charge in [0.15, 0.2) is 5.17 Å². The first-order chi connectivity index (χ1) is 6.78. The maximum Gasteiger partial charge on any atom is 0.157 e. The van der Waals surface area contributed by atoms with Gasteiger partial charge in [0, 0.05) is 16.5 Å². The largest absolute Gasteiger partial charge is 0.362 e. The van der Waals surface area contributed by atoms with E-state index in [4.69, 9.17) is 0 Å². The Bertz CT molecular complexity index is 230. The van der Waals surface area contributed by atoms with Crippen LogP contribution in [0.4, 0.5) is 0 Å². The van der Waals surface area contributed by atoms with Crippen molar-refractivity contribution in [3.8, 4) is 0 Å². The number of amidine groups is 1. The molecule has 1 saturated carbocycles. The number of nitrogens with zero attached hydrogens (tertiary/aromatic N) is 1. The van der Waals surface area contributed by atoms with Gasteiger partial charge in [-0.15, -0.1) is 0 Å². The Labute approximate surface area is 94.7 Å². The van der Waals surface area contributed by atoms with E-state index in [0.29, 0.717) is 11.3 Å². The van der Waals surface area contributed by atoms with Crippen molar-refractivity contribution in [2.75, 3.05) is 12.8 Å². The van der Waals surface area contributed by atoms with Crippen molar-refractivity contribution >= 4 is 28.7 Å². The van der Waals surface area contributed by atoms with E-state index >= 15 is 0 Å². The van der Waals surface area contributed by atoms with Crippen LogP contribution in [0.3, 0.4) is 0 Å². The van der Waals surface area contributed by atoms with Crippen LogP contribution in [-0.4, -0.2) is 34.5 Å². The summed E-state index contributed by atoms with van der Waals surface area (Å²) in [6.07, 6.45) is 6.22. The van der Waals surface area contributed by atoms with Crippen molar-refractivity contribution in [2.24, 2.45) is 4.99 Å². The lowest BCUT2D eigenvalue weighted by Gasteiger charge is -2.13. The molecule has 1 N–H and O–H groups in total. The van der Waals surface area contributed by atoms with Crippen molar-refractivity contribution in [2.45, 2.75) is 42.7 Å². The summed E-state index contributed by atoms with van der Waals surface area (Å²) in [6.45, 7) is 3.23. The third kappa shape index (κ3) is 2.60. The Balaban J connectivity index is 1.76. The van der Waals surface area contributed by atoms with Gasteiger partial charge in [0.25, 0.3) is 0 Å². The number of rotatable bonds is 2. The average Bonchev–Trinajstić information content (AvgIpc) is 2.76. The van der Waals surface area contributed by atoms with Crippen LogP contribution in [0.25, 0.3) is 0 Å². The quantitative estimate of drug-likeness (QED) is 0.788. The highest BCUT2D eigenvalue weighted by molar-refractivity contribution is 8.14. The molecule has 0 radical (unpaired) electrons. The predicted octanol–water partition coefficient (Wildman–Crippen LogP) is 2.35. The summed E-state index contributed by atoms with van der Waals surface area (Å²) in [7, 11) is 0. The molecule has 80 valence electrons. The standard InChI is InChI=1S/C10H18N2S2/c1-7-6-11-10(14-7)12-8-3-4-9(5-8)13-2/h7-9H,3-6H2,1-2H3,(H,11,12). The van der Waals surface area contributed by atoms with E-state index in [1.54, 1.807) is 0 Å². The molecular formula is C10H18N2S2. The minimum absolute atomic E-state index is 0.676. The smallest absolute Gasteiger partial charge is 0.157 e. The summed E-state index contributed by atoms with van der Waals surface area (Å²) in [6, 6.07) is 0.684. The number of thioether (sulfide) groups is 2. The summed E-state index contributed by atoms with van der Waals surface area (Å²) >= 11 is 3.90. The van der Waals surface area contributed by atoms with Gasteiger partial charge < -0.3 is 5.32 Å². The molecule has 0 amide bonds. The van der Waals surface area contributed by atoms with Crippen molar-refractivity contribution in [1.29, 1.82) is 0 Å². The molecule has 3 unspecified atom stereocenters.